The van der Waals surface area contributed by atoms with E-state index in [1.54, 1.807) is 0 Å². The summed E-state index contributed by atoms with van der Waals surface area (Å²) in [5.41, 5.74) is 2.44. The maximum absolute atomic E-state index is 12.0. The van der Waals surface area contributed by atoms with E-state index in [0.29, 0.717) is 18.4 Å². The van der Waals surface area contributed by atoms with Gasteiger partial charge in [-0.2, -0.15) is 0 Å². The molecular weight excluding hydrogens is 284 g/mol. The SMILES string of the molecule is CC(C)Cc1ccc(CC(=O)NC2CCCNC2)cc1.Cl. The van der Waals surface area contributed by atoms with Crippen LogP contribution in [0.5, 0.6) is 0 Å². The van der Waals surface area contributed by atoms with Gasteiger partial charge in [-0.05, 0) is 42.9 Å². The first-order valence-electron chi connectivity index (χ1n) is 7.71. The Kier molecular flexibility index (Phi) is 7.76. The maximum Gasteiger partial charge on any atom is 0.224 e. The highest BCUT2D eigenvalue weighted by Gasteiger charge is 2.15. The summed E-state index contributed by atoms with van der Waals surface area (Å²) in [5.74, 6) is 0.804. The van der Waals surface area contributed by atoms with Crippen LogP contribution in [0.25, 0.3) is 0 Å². The van der Waals surface area contributed by atoms with E-state index in [4.69, 9.17) is 0 Å². The van der Waals surface area contributed by atoms with Crippen LogP contribution in [0.4, 0.5) is 0 Å². The van der Waals surface area contributed by atoms with E-state index in [2.05, 4.69) is 48.7 Å². The molecule has 0 radical (unpaired) electrons. The molecule has 0 spiro atoms. The zero-order chi connectivity index (χ0) is 14.4. The van der Waals surface area contributed by atoms with Gasteiger partial charge >= 0.3 is 0 Å². The maximum atomic E-state index is 12.0. The molecule has 1 saturated heterocycles. The van der Waals surface area contributed by atoms with Crippen molar-refractivity contribution in [3.8, 4) is 0 Å². The Labute approximate surface area is 134 Å². The molecule has 1 aliphatic rings. The Bertz CT molecular complexity index is 425. The second kappa shape index (κ2) is 9.06. The lowest BCUT2D eigenvalue weighted by Crippen LogP contribution is -2.46. The molecule has 3 nitrogen and oxygen atoms in total. The predicted molar refractivity (Wildman–Crippen MR) is 90.0 cm³/mol. The van der Waals surface area contributed by atoms with E-state index in [9.17, 15) is 4.79 Å². The van der Waals surface area contributed by atoms with Crippen LogP contribution >= 0.6 is 12.4 Å². The van der Waals surface area contributed by atoms with Gasteiger partial charge in [-0.1, -0.05) is 38.1 Å². The number of carbonyl (C=O) groups is 1. The van der Waals surface area contributed by atoms with Crippen LogP contribution in [0.3, 0.4) is 0 Å². The molecule has 1 aliphatic heterocycles. The minimum absolute atomic E-state index is 0. The zero-order valence-corrected chi connectivity index (χ0v) is 13.8. The fraction of sp³-hybridized carbons (Fsp3) is 0.588. The van der Waals surface area contributed by atoms with Gasteiger partial charge in [0.05, 0.1) is 6.42 Å². The Morgan fingerprint density at radius 3 is 2.52 bits per heavy atom. The van der Waals surface area contributed by atoms with E-state index < -0.39 is 0 Å². The number of halogens is 1. The lowest BCUT2D eigenvalue weighted by molar-refractivity contribution is -0.121. The van der Waals surface area contributed by atoms with Gasteiger partial charge in [-0.25, -0.2) is 0 Å². The Hall–Kier alpha value is -1.06. The van der Waals surface area contributed by atoms with Gasteiger partial charge in [-0.3, -0.25) is 4.79 Å². The molecule has 21 heavy (non-hydrogen) atoms. The van der Waals surface area contributed by atoms with Gasteiger partial charge in [0.2, 0.25) is 5.91 Å². The van der Waals surface area contributed by atoms with E-state index in [-0.39, 0.29) is 18.3 Å². The highest BCUT2D eigenvalue weighted by Crippen LogP contribution is 2.10. The first kappa shape index (κ1) is 18.0. The van der Waals surface area contributed by atoms with Crippen molar-refractivity contribution in [2.24, 2.45) is 5.92 Å². The third-order valence-corrected chi connectivity index (χ3v) is 3.69. The summed E-state index contributed by atoms with van der Waals surface area (Å²) in [6.45, 7) is 6.42. The van der Waals surface area contributed by atoms with Gasteiger partial charge in [0.1, 0.15) is 0 Å². The Morgan fingerprint density at radius 1 is 1.29 bits per heavy atom. The van der Waals surface area contributed by atoms with Crippen LogP contribution in [0, 0.1) is 5.92 Å². The summed E-state index contributed by atoms with van der Waals surface area (Å²) >= 11 is 0. The van der Waals surface area contributed by atoms with Gasteiger partial charge in [-0.15, -0.1) is 12.4 Å². The van der Waals surface area contributed by atoms with Crippen LogP contribution in [-0.4, -0.2) is 25.0 Å². The minimum Gasteiger partial charge on any atom is -0.352 e. The molecule has 1 fully saturated rings. The fourth-order valence-corrected chi connectivity index (χ4v) is 2.70. The summed E-state index contributed by atoms with van der Waals surface area (Å²) < 4.78 is 0. The molecule has 1 aromatic rings. The van der Waals surface area contributed by atoms with Crippen molar-refractivity contribution in [1.82, 2.24) is 10.6 Å². The molecule has 1 unspecified atom stereocenters. The van der Waals surface area contributed by atoms with E-state index in [1.165, 1.54) is 5.56 Å². The summed E-state index contributed by atoms with van der Waals surface area (Å²) in [6.07, 6.45) is 3.82. The van der Waals surface area contributed by atoms with Crippen LogP contribution in [-0.2, 0) is 17.6 Å². The summed E-state index contributed by atoms with van der Waals surface area (Å²) in [6, 6.07) is 8.75. The second-order valence-corrected chi connectivity index (χ2v) is 6.20. The molecule has 0 bridgehead atoms. The molecular formula is C17H27ClN2O. The molecule has 1 heterocycles. The predicted octanol–water partition coefficient (Wildman–Crippen LogP) is 2.72. The zero-order valence-electron chi connectivity index (χ0n) is 13.0. The molecule has 0 saturated carbocycles. The Balaban J connectivity index is 0.00000220. The first-order chi connectivity index (χ1) is 9.63. The van der Waals surface area contributed by atoms with Gasteiger partial charge in [0.25, 0.3) is 0 Å². The van der Waals surface area contributed by atoms with Crippen molar-refractivity contribution < 1.29 is 4.79 Å². The van der Waals surface area contributed by atoms with Crippen molar-refractivity contribution >= 4 is 18.3 Å². The van der Waals surface area contributed by atoms with E-state index in [1.807, 2.05) is 0 Å². The number of hydrogen-bond donors (Lipinski definition) is 2. The quantitative estimate of drug-likeness (QED) is 0.878. The van der Waals surface area contributed by atoms with Crippen molar-refractivity contribution in [2.45, 2.75) is 45.6 Å². The molecule has 0 aromatic heterocycles. The van der Waals surface area contributed by atoms with Crippen molar-refractivity contribution in [2.75, 3.05) is 13.1 Å². The van der Waals surface area contributed by atoms with E-state index in [0.717, 1.165) is 37.9 Å². The Morgan fingerprint density at radius 2 is 1.95 bits per heavy atom. The average Bonchev–Trinajstić information content (AvgIpc) is 2.41. The van der Waals surface area contributed by atoms with Gasteiger partial charge in [0.15, 0.2) is 0 Å². The summed E-state index contributed by atoms with van der Waals surface area (Å²) in [5, 5.41) is 6.43. The number of hydrogen-bond acceptors (Lipinski definition) is 2. The minimum atomic E-state index is 0. The fourth-order valence-electron chi connectivity index (χ4n) is 2.70. The molecule has 1 amide bonds. The molecule has 118 valence electrons. The second-order valence-electron chi connectivity index (χ2n) is 6.20. The highest BCUT2D eigenvalue weighted by molar-refractivity contribution is 5.85. The number of nitrogens with one attached hydrogen (secondary N) is 2. The largest absolute Gasteiger partial charge is 0.352 e. The van der Waals surface area contributed by atoms with Crippen molar-refractivity contribution in [1.29, 1.82) is 0 Å². The molecule has 1 aromatic carbocycles. The summed E-state index contributed by atoms with van der Waals surface area (Å²) in [4.78, 5) is 12.0. The normalized spacial score (nSPS) is 18.1. The third kappa shape index (κ3) is 6.49. The third-order valence-electron chi connectivity index (χ3n) is 3.69. The van der Waals surface area contributed by atoms with E-state index >= 15 is 0 Å². The van der Waals surface area contributed by atoms with Crippen LogP contribution in [0.15, 0.2) is 24.3 Å². The number of benzene rings is 1. The van der Waals surface area contributed by atoms with Gasteiger partial charge in [0, 0.05) is 12.6 Å². The van der Waals surface area contributed by atoms with Crippen LogP contribution in [0.2, 0.25) is 0 Å². The first-order valence-corrected chi connectivity index (χ1v) is 7.71. The summed E-state index contributed by atoms with van der Waals surface area (Å²) in [7, 11) is 0. The molecule has 2 N–H and O–H groups in total. The number of rotatable bonds is 5. The molecule has 4 heteroatoms. The van der Waals surface area contributed by atoms with Crippen LogP contribution < -0.4 is 10.6 Å². The number of piperidine rings is 1. The van der Waals surface area contributed by atoms with Crippen molar-refractivity contribution in [3.63, 3.8) is 0 Å². The topological polar surface area (TPSA) is 41.1 Å². The number of amides is 1. The molecule has 0 aliphatic carbocycles. The molecule has 1 atom stereocenters. The monoisotopic (exact) mass is 310 g/mol. The van der Waals surface area contributed by atoms with Crippen molar-refractivity contribution in [3.05, 3.63) is 35.4 Å². The molecule has 2 rings (SSSR count). The van der Waals surface area contributed by atoms with Gasteiger partial charge < -0.3 is 10.6 Å². The average molecular weight is 311 g/mol. The highest BCUT2D eigenvalue weighted by atomic mass is 35.5. The lowest BCUT2D eigenvalue weighted by Gasteiger charge is -2.23. The van der Waals surface area contributed by atoms with Crippen LogP contribution in [0.1, 0.15) is 37.8 Å². The lowest BCUT2D eigenvalue weighted by atomic mass is 10.0. The smallest absolute Gasteiger partial charge is 0.224 e. The number of carbonyl (C=O) groups excluding carboxylic acids is 1. The standard InChI is InChI=1S/C17H26N2O.ClH/c1-13(2)10-14-5-7-15(8-6-14)11-17(20)19-16-4-3-9-18-12-16;/h5-8,13,16,18H,3-4,9-12H2,1-2H3,(H,19,20);1H.